The Morgan fingerprint density at radius 2 is 1.83 bits per heavy atom. The van der Waals surface area contributed by atoms with Crippen molar-refractivity contribution in [2.75, 3.05) is 0 Å². The second kappa shape index (κ2) is 4.70. The quantitative estimate of drug-likeness (QED) is 0.588. The Bertz CT molecular complexity index is 1120. The molecule has 7 heteroatoms. The normalized spacial score (nSPS) is 11.4. The van der Waals surface area contributed by atoms with Crippen molar-refractivity contribution in [3.05, 3.63) is 64.2 Å². The van der Waals surface area contributed by atoms with Crippen molar-refractivity contribution in [2.24, 2.45) is 0 Å². The number of pyridine rings is 2. The third kappa shape index (κ3) is 1.93. The van der Waals surface area contributed by atoms with Crippen LogP contribution in [0.25, 0.3) is 27.6 Å². The molecule has 3 aromatic heterocycles. The van der Waals surface area contributed by atoms with Gasteiger partial charge in [0.2, 0.25) is 5.43 Å². The number of benzene rings is 1. The zero-order valence-electron chi connectivity index (χ0n) is 12.0. The molecule has 0 spiro atoms. The summed E-state index contributed by atoms with van der Waals surface area (Å²) in [7, 11) is 0. The summed E-state index contributed by atoms with van der Waals surface area (Å²) in [6.07, 6.45) is 3.21. The van der Waals surface area contributed by atoms with E-state index in [1.54, 1.807) is 36.1 Å². The van der Waals surface area contributed by atoms with Crippen molar-refractivity contribution >= 4 is 21.9 Å². The van der Waals surface area contributed by atoms with Gasteiger partial charge in [0.05, 0.1) is 22.3 Å². The molecule has 1 aromatic carbocycles. The molecule has 114 valence electrons. The number of rotatable bonds is 1. The second-order valence-corrected chi connectivity index (χ2v) is 5.19. The number of nitrogens with one attached hydrogen (secondary N) is 1. The van der Waals surface area contributed by atoms with Gasteiger partial charge in [-0.25, -0.2) is 13.5 Å². The number of H-pyrrole nitrogens is 1. The SMILES string of the molecule is Cc1nn(-c2ccncc2)c2[nH]c3cc(F)c(F)cc3c(=O)c12. The lowest BCUT2D eigenvalue weighted by molar-refractivity contribution is 0.510. The zero-order chi connectivity index (χ0) is 16.1. The highest BCUT2D eigenvalue weighted by Gasteiger charge is 2.17. The van der Waals surface area contributed by atoms with Gasteiger partial charge >= 0.3 is 0 Å². The smallest absolute Gasteiger partial charge is 0.200 e. The maximum absolute atomic E-state index is 13.5. The summed E-state index contributed by atoms with van der Waals surface area (Å²) in [5.74, 6) is -2.07. The molecule has 0 bridgehead atoms. The Labute approximate surface area is 128 Å². The molecule has 0 radical (unpaired) electrons. The minimum absolute atomic E-state index is 0.0915. The summed E-state index contributed by atoms with van der Waals surface area (Å²) in [5.41, 5.74) is 1.47. The summed E-state index contributed by atoms with van der Waals surface area (Å²) < 4.78 is 28.5. The van der Waals surface area contributed by atoms with Gasteiger partial charge in [0.15, 0.2) is 11.6 Å². The molecule has 0 amide bonds. The van der Waals surface area contributed by atoms with Crippen LogP contribution in [-0.4, -0.2) is 19.7 Å². The Kier molecular flexibility index (Phi) is 2.77. The van der Waals surface area contributed by atoms with Crippen molar-refractivity contribution in [1.29, 1.82) is 0 Å². The molecular formula is C16H10F2N4O. The van der Waals surface area contributed by atoms with E-state index in [1.807, 2.05) is 0 Å². The van der Waals surface area contributed by atoms with Gasteiger partial charge in [-0.3, -0.25) is 9.78 Å². The average Bonchev–Trinajstić information content (AvgIpc) is 2.87. The van der Waals surface area contributed by atoms with E-state index in [4.69, 9.17) is 0 Å². The van der Waals surface area contributed by atoms with Crippen molar-refractivity contribution < 1.29 is 8.78 Å². The van der Waals surface area contributed by atoms with Crippen LogP contribution < -0.4 is 5.43 Å². The second-order valence-electron chi connectivity index (χ2n) is 5.19. The molecule has 0 unspecified atom stereocenters. The maximum Gasteiger partial charge on any atom is 0.200 e. The van der Waals surface area contributed by atoms with E-state index >= 15 is 0 Å². The van der Waals surface area contributed by atoms with Crippen LogP contribution in [-0.2, 0) is 0 Å². The monoisotopic (exact) mass is 312 g/mol. The first-order chi connectivity index (χ1) is 11.1. The van der Waals surface area contributed by atoms with E-state index < -0.39 is 11.6 Å². The van der Waals surface area contributed by atoms with E-state index in [0.717, 1.165) is 12.1 Å². The first-order valence-corrected chi connectivity index (χ1v) is 6.87. The highest BCUT2D eigenvalue weighted by Crippen LogP contribution is 2.22. The van der Waals surface area contributed by atoms with Crippen LogP contribution >= 0.6 is 0 Å². The van der Waals surface area contributed by atoms with Crippen molar-refractivity contribution in [3.8, 4) is 5.69 Å². The fourth-order valence-corrected chi connectivity index (χ4v) is 2.69. The fraction of sp³-hybridized carbons (Fsp3) is 0.0625. The number of aryl methyl sites for hydroxylation is 1. The molecule has 23 heavy (non-hydrogen) atoms. The lowest BCUT2D eigenvalue weighted by atomic mass is 10.1. The lowest BCUT2D eigenvalue weighted by Gasteiger charge is -2.04. The van der Waals surface area contributed by atoms with Crippen LogP contribution in [0.3, 0.4) is 0 Å². The van der Waals surface area contributed by atoms with Crippen LogP contribution in [0.5, 0.6) is 0 Å². The first-order valence-electron chi connectivity index (χ1n) is 6.87. The number of aromatic amines is 1. The van der Waals surface area contributed by atoms with Crippen LogP contribution in [0, 0.1) is 18.6 Å². The highest BCUT2D eigenvalue weighted by atomic mass is 19.2. The van der Waals surface area contributed by atoms with Gasteiger partial charge in [-0.1, -0.05) is 0 Å². The standard InChI is InChI=1S/C16H10F2N4O/c1-8-14-15(23)10-6-11(17)12(18)7-13(10)20-16(14)22(21-8)9-2-4-19-5-3-9/h2-7H,1H3,(H,20,23). The number of aromatic nitrogens is 4. The summed E-state index contributed by atoms with van der Waals surface area (Å²) >= 11 is 0. The van der Waals surface area contributed by atoms with Gasteiger partial charge in [0.1, 0.15) is 5.65 Å². The molecule has 0 aliphatic heterocycles. The molecule has 0 fully saturated rings. The van der Waals surface area contributed by atoms with Gasteiger partial charge in [-0.05, 0) is 25.1 Å². The Balaban J connectivity index is 2.17. The van der Waals surface area contributed by atoms with Gasteiger partial charge in [-0.2, -0.15) is 5.10 Å². The molecule has 0 saturated heterocycles. The first kappa shape index (κ1) is 13.6. The molecule has 1 N–H and O–H groups in total. The molecule has 3 heterocycles. The molecule has 0 aliphatic rings. The van der Waals surface area contributed by atoms with E-state index in [9.17, 15) is 13.6 Å². The molecule has 4 rings (SSSR count). The van der Waals surface area contributed by atoms with Gasteiger partial charge in [0.25, 0.3) is 0 Å². The third-order valence-corrected chi connectivity index (χ3v) is 3.75. The number of hydrogen-bond donors (Lipinski definition) is 1. The topological polar surface area (TPSA) is 63.6 Å². The van der Waals surface area contributed by atoms with Crippen molar-refractivity contribution in [3.63, 3.8) is 0 Å². The summed E-state index contributed by atoms with van der Waals surface area (Å²) in [6.45, 7) is 1.70. The maximum atomic E-state index is 13.5. The summed E-state index contributed by atoms with van der Waals surface area (Å²) in [6, 6.07) is 5.36. The minimum Gasteiger partial charge on any atom is -0.339 e. The van der Waals surface area contributed by atoms with Crippen LogP contribution in [0.1, 0.15) is 5.69 Å². The minimum atomic E-state index is -1.05. The molecule has 5 nitrogen and oxygen atoms in total. The van der Waals surface area contributed by atoms with E-state index in [1.165, 1.54) is 0 Å². The Morgan fingerprint density at radius 1 is 1.13 bits per heavy atom. The largest absolute Gasteiger partial charge is 0.339 e. The average molecular weight is 312 g/mol. The van der Waals surface area contributed by atoms with Crippen LogP contribution in [0.2, 0.25) is 0 Å². The number of halogens is 2. The van der Waals surface area contributed by atoms with Crippen LogP contribution in [0.4, 0.5) is 8.78 Å². The number of hydrogen-bond acceptors (Lipinski definition) is 3. The Morgan fingerprint density at radius 3 is 2.57 bits per heavy atom. The summed E-state index contributed by atoms with van der Waals surface area (Å²) in [4.78, 5) is 19.6. The van der Waals surface area contributed by atoms with E-state index in [-0.39, 0.29) is 16.3 Å². The molecular weight excluding hydrogens is 302 g/mol. The number of nitrogens with zero attached hydrogens (tertiary/aromatic N) is 3. The zero-order valence-corrected chi connectivity index (χ0v) is 12.0. The molecule has 0 aliphatic carbocycles. The van der Waals surface area contributed by atoms with Crippen LogP contribution in [0.15, 0.2) is 41.5 Å². The third-order valence-electron chi connectivity index (χ3n) is 3.75. The predicted molar refractivity (Wildman–Crippen MR) is 81.6 cm³/mol. The highest BCUT2D eigenvalue weighted by molar-refractivity contribution is 5.92. The number of fused-ring (bicyclic) bond motifs is 2. The van der Waals surface area contributed by atoms with Gasteiger partial charge in [-0.15, -0.1) is 0 Å². The summed E-state index contributed by atoms with van der Waals surface area (Å²) in [5, 5.41) is 4.80. The van der Waals surface area contributed by atoms with E-state index in [0.29, 0.717) is 22.4 Å². The predicted octanol–water partition coefficient (Wildman–Crippen LogP) is 2.85. The molecule has 0 atom stereocenters. The van der Waals surface area contributed by atoms with E-state index in [2.05, 4.69) is 15.1 Å². The molecule has 0 saturated carbocycles. The Hall–Kier alpha value is -3.09. The van der Waals surface area contributed by atoms with Gasteiger partial charge < -0.3 is 4.98 Å². The van der Waals surface area contributed by atoms with Crippen molar-refractivity contribution in [2.45, 2.75) is 6.92 Å². The van der Waals surface area contributed by atoms with Crippen molar-refractivity contribution in [1.82, 2.24) is 19.7 Å². The van der Waals surface area contributed by atoms with Gasteiger partial charge in [0, 0.05) is 23.8 Å². The lowest BCUT2D eigenvalue weighted by Crippen LogP contribution is -2.06. The fourth-order valence-electron chi connectivity index (χ4n) is 2.69. The molecule has 4 aromatic rings.